The highest BCUT2D eigenvalue weighted by atomic mass is 35.5. The molecule has 0 bridgehead atoms. The summed E-state index contributed by atoms with van der Waals surface area (Å²) in [4.78, 5) is 25.9. The van der Waals surface area contributed by atoms with E-state index in [1.54, 1.807) is 43.7 Å². The van der Waals surface area contributed by atoms with Crippen LogP contribution in [-0.4, -0.2) is 26.1 Å². The van der Waals surface area contributed by atoms with Gasteiger partial charge in [0.15, 0.2) is 11.5 Å². The third-order valence-electron chi connectivity index (χ3n) is 4.44. The van der Waals surface area contributed by atoms with Crippen LogP contribution in [0.2, 0.25) is 10.0 Å². The molecule has 30 heavy (non-hydrogen) atoms. The average molecular weight is 442 g/mol. The Labute approximate surface area is 182 Å². The Morgan fingerprint density at radius 3 is 2.63 bits per heavy atom. The molecule has 0 aliphatic rings. The summed E-state index contributed by atoms with van der Waals surface area (Å²) in [6, 6.07) is 12.3. The van der Waals surface area contributed by atoms with Crippen molar-refractivity contribution in [1.29, 1.82) is 0 Å². The van der Waals surface area contributed by atoms with Gasteiger partial charge in [-0.1, -0.05) is 35.3 Å². The van der Waals surface area contributed by atoms with Crippen molar-refractivity contribution in [2.45, 2.75) is 6.42 Å². The molecular weight excluding hydrogens is 425 g/mol. The molecule has 0 radical (unpaired) electrons. The molecule has 0 unspecified atom stereocenters. The van der Waals surface area contributed by atoms with E-state index in [0.29, 0.717) is 33.6 Å². The second-order valence-electron chi connectivity index (χ2n) is 6.50. The first-order valence-electron chi connectivity index (χ1n) is 9.15. The zero-order valence-corrected chi connectivity index (χ0v) is 17.5. The standard InChI is InChI=1S/C21H17Cl2N5O2/c1-28-19-13(11-17(20(28)29)30-18-15(22)6-4-7-16(18)23)12-26-21(27-19)25-10-8-14-5-2-3-9-24-14/h2-7,9,11-12H,8,10H2,1H3,(H,25,26,27). The van der Waals surface area contributed by atoms with Crippen molar-refractivity contribution in [3.05, 3.63) is 81.0 Å². The summed E-state index contributed by atoms with van der Waals surface area (Å²) in [6.07, 6.45) is 4.12. The lowest BCUT2D eigenvalue weighted by Gasteiger charge is -2.12. The molecule has 0 amide bonds. The second kappa shape index (κ2) is 8.69. The number of aryl methyl sites for hydroxylation is 1. The van der Waals surface area contributed by atoms with E-state index >= 15 is 0 Å². The van der Waals surface area contributed by atoms with Crippen LogP contribution in [0.4, 0.5) is 5.95 Å². The predicted molar refractivity (Wildman–Crippen MR) is 118 cm³/mol. The number of halogens is 2. The third-order valence-corrected chi connectivity index (χ3v) is 5.03. The Bertz CT molecular complexity index is 1240. The van der Waals surface area contributed by atoms with Gasteiger partial charge in [-0.15, -0.1) is 0 Å². The van der Waals surface area contributed by atoms with Crippen LogP contribution in [0, 0.1) is 0 Å². The Kier molecular flexibility index (Phi) is 5.83. The number of hydrogen-bond donors (Lipinski definition) is 1. The highest BCUT2D eigenvalue weighted by Crippen LogP contribution is 2.35. The molecule has 3 aromatic heterocycles. The Balaban J connectivity index is 1.58. The Morgan fingerprint density at radius 2 is 1.90 bits per heavy atom. The van der Waals surface area contributed by atoms with Gasteiger partial charge in [0.1, 0.15) is 5.65 Å². The Morgan fingerprint density at radius 1 is 1.10 bits per heavy atom. The van der Waals surface area contributed by atoms with Crippen LogP contribution < -0.4 is 15.6 Å². The lowest BCUT2D eigenvalue weighted by molar-refractivity contribution is 0.472. The summed E-state index contributed by atoms with van der Waals surface area (Å²) in [5.74, 6) is 0.738. The van der Waals surface area contributed by atoms with Gasteiger partial charge in [0.25, 0.3) is 5.56 Å². The van der Waals surface area contributed by atoms with Crippen molar-refractivity contribution in [3.63, 3.8) is 0 Å². The predicted octanol–water partition coefficient (Wildman–Crippen LogP) is 4.48. The van der Waals surface area contributed by atoms with Crippen LogP contribution in [0.15, 0.2) is 59.7 Å². The molecule has 7 nitrogen and oxygen atoms in total. The fourth-order valence-corrected chi connectivity index (χ4v) is 3.39. The first kappa shape index (κ1) is 20.1. The highest BCUT2D eigenvalue weighted by Gasteiger charge is 2.14. The summed E-state index contributed by atoms with van der Waals surface area (Å²) >= 11 is 12.3. The van der Waals surface area contributed by atoms with Gasteiger partial charge >= 0.3 is 0 Å². The van der Waals surface area contributed by atoms with Crippen molar-refractivity contribution in [2.24, 2.45) is 7.05 Å². The van der Waals surface area contributed by atoms with Crippen LogP contribution >= 0.6 is 23.2 Å². The van der Waals surface area contributed by atoms with E-state index in [-0.39, 0.29) is 17.1 Å². The number of nitrogens with one attached hydrogen (secondary N) is 1. The number of para-hydroxylation sites is 1. The average Bonchev–Trinajstić information content (AvgIpc) is 2.75. The maximum absolute atomic E-state index is 12.8. The maximum Gasteiger partial charge on any atom is 0.294 e. The molecule has 3 heterocycles. The summed E-state index contributed by atoms with van der Waals surface area (Å²) in [6.45, 7) is 0.614. The molecule has 0 aliphatic heterocycles. The lowest BCUT2D eigenvalue weighted by Crippen LogP contribution is -2.20. The fourth-order valence-electron chi connectivity index (χ4n) is 2.91. The van der Waals surface area contributed by atoms with Crippen molar-refractivity contribution >= 4 is 40.2 Å². The van der Waals surface area contributed by atoms with E-state index in [2.05, 4.69) is 20.3 Å². The summed E-state index contributed by atoms with van der Waals surface area (Å²) in [5, 5.41) is 4.43. The van der Waals surface area contributed by atoms with Gasteiger partial charge < -0.3 is 10.1 Å². The van der Waals surface area contributed by atoms with Gasteiger partial charge in [0.2, 0.25) is 5.95 Å². The van der Waals surface area contributed by atoms with Gasteiger partial charge in [0.05, 0.1) is 10.0 Å². The number of pyridine rings is 2. The summed E-state index contributed by atoms with van der Waals surface area (Å²) < 4.78 is 7.13. The van der Waals surface area contributed by atoms with Gasteiger partial charge in [0, 0.05) is 43.5 Å². The molecular formula is C21H17Cl2N5O2. The number of nitrogens with zero attached hydrogens (tertiary/aromatic N) is 4. The molecule has 0 saturated carbocycles. The van der Waals surface area contributed by atoms with Crippen LogP contribution in [0.3, 0.4) is 0 Å². The first-order chi connectivity index (χ1) is 14.5. The number of hydrogen-bond acceptors (Lipinski definition) is 6. The minimum Gasteiger partial charge on any atom is -0.448 e. The van der Waals surface area contributed by atoms with Gasteiger partial charge in [-0.3, -0.25) is 14.3 Å². The molecule has 4 aromatic rings. The molecule has 0 spiro atoms. The number of anilines is 1. The minimum absolute atomic E-state index is 0.0828. The van der Waals surface area contributed by atoms with Crippen LogP contribution in [-0.2, 0) is 13.5 Å². The van der Waals surface area contributed by atoms with E-state index in [1.165, 1.54) is 4.57 Å². The van der Waals surface area contributed by atoms with Crippen molar-refractivity contribution < 1.29 is 4.74 Å². The highest BCUT2D eigenvalue weighted by molar-refractivity contribution is 6.37. The molecule has 0 aliphatic carbocycles. The normalized spacial score (nSPS) is 10.9. The van der Waals surface area contributed by atoms with Gasteiger partial charge in [-0.25, -0.2) is 4.98 Å². The van der Waals surface area contributed by atoms with Crippen LogP contribution in [0.1, 0.15) is 5.69 Å². The zero-order valence-electron chi connectivity index (χ0n) is 16.0. The SMILES string of the molecule is Cn1c(=O)c(Oc2c(Cl)cccc2Cl)cc2cnc(NCCc3ccccn3)nc21. The summed E-state index contributed by atoms with van der Waals surface area (Å²) in [5.41, 5.74) is 1.09. The topological polar surface area (TPSA) is 81.9 Å². The number of fused-ring (bicyclic) bond motifs is 1. The molecule has 4 rings (SSSR count). The Hall–Kier alpha value is -3.16. The van der Waals surface area contributed by atoms with E-state index in [4.69, 9.17) is 27.9 Å². The van der Waals surface area contributed by atoms with Crippen molar-refractivity contribution in [3.8, 4) is 11.5 Å². The van der Waals surface area contributed by atoms with Gasteiger partial charge in [-0.2, -0.15) is 4.98 Å². The van der Waals surface area contributed by atoms with E-state index in [0.717, 1.165) is 12.1 Å². The molecule has 152 valence electrons. The van der Waals surface area contributed by atoms with E-state index in [9.17, 15) is 4.79 Å². The smallest absolute Gasteiger partial charge is 0.294 e. The molecule has 1 N–H and O–H groups in total. The van der Waals surface area contributed by atoms with Crippen LogP contribution in [0.5, 0.6) is 11.5 Å². The molecule has 0 saturated heterocycles. The minimum atomic E-state index is -0.364. The second-order valence-corrected chi connectivity index (χ2v) is 7.31. The van der Waals surface area contributed by atoms with Crippen LogP contribution in [0.25, 0.3) is 11.0 Å². The maximum atomic E-state index is 12.8. The summed E-state index contributed by atoms with van der Waals surface area (Å²) in [7, 11) is 1.62. The monoisotopic (exact) mass is 441 g/mol. The fraction of sp³-hybridized carbons (Fsp3) is 0.143. The van der Waals surface area contributed by atoms with E-state index < -0.39 is 0 Å². The largest absolute Gasteiger partial charge is 0.448 e. The zero-order chi connectivity index (χ0) is 21.1. The quantitative estimate of drug-likeness (QED) is 0.474. The molecule has 1 aromatic carbocycles. The van der Waals surface area contributed by atoms with E-state index in [1.807, 2.05) is 18.2 Å². The number of rotatable bonds is 6. The lowest BCUT2D eigenvalue weighted by atomic mass is 10.3. The van der Waals surface area contributed by atoms with Crippen molar-refractivity contribution in [1.82, 2.24) is 19.5 Å². The third kappa shape index (κ3) is 4.22. The molecule has 0 fully saturated rings. The number of ether oxygens (including phenoxy) is 1. The van der Waals surface area contributed by atoms with Crippen molar-refractivity contribution in [2.75, 3.05) is 11.9 Å². The molecule has 9 heteroatoms. The molecule has 0 atom stereocenters. The number of aromatic nitrogens is 4. The first-order valence-corrected chi connectivity index (χ1v) is 9.91. The number of benzene rings is 1. The van der Waals surface area contributed by atoms with Gasteiger partial charge in [-0.05, 0) is 30.3 Å².